The normalized spacial score (nSPS) is 10.3. The first-order valence-electron chi connectivity index (χ1n) is 6.07. The number of aromatic amines is 1. The summed E-state index contributed by atoms with van der Waals surface area (Å²) in [4.78, 5) is 18.6. The van der Waals surface area contributed by atoms with Crippen molar-refractivity contribution in [2.24, 2.45) is 0 Å². The summed E-state index contributed by atoms with van der Waals surface area (Å²) in [6.45, 7) is 3.83. The predicted octanol–water partition coefficient (Wildman–Crippen LogP) is 3.16. The molecule has 0 atom stereocenters. The number of hydrogen-bond donors (Lipinski definition) is 2. The number of anilines is 2. The van der Waals surface area contributed by atoms with E-state index in [4.69, 9.17) is 16.9 Å². The number of nitriles is 1. The summed E-state index contributed by atoms with van der Waals surface area (Å²) >= 11 is 6.10. The second-order valence-electron chi connectivity index (χ2n) is 4.58. The molecule has 0 spiro atoms. The number of nitrogens with zero attached hydrogens (tertiary/aromatic N) is 2. The van der Waals surface area contributed by atoms with E-state index in [1.165, 1.54) is 6.33 Å². The number of nitrogens with one attached hydrogen (secondary N) is 2. The van der Waals surface area contributed by atoms with Crippen LogP contribution < -0.4 is 10.9 Å². The molecule has 1 aromatic heterocycles. The largest absolute Gasteiger partial charge is 0.339 e. The van der Waals surface area contributed by atoms with Gasteiger partial charge >= 0.3 is 0 Å². The Bertz CT molecular complexity index is 731. The Hall–Kier alpha value is -2.32. The van der Waals surface area contributed by atoms with Crippen LogP contribution in [0, 0.1) is 11.3 Å². The van der Waals surface area contributed by atoms with Gasteiger partial charge in [0.1, 0.15) is 5.82 Å². The van der Waals surface area contributed by atoms with Crippen molar-refractivity contribution in [2.45, 2.75) is 19.8 Å². The predicted molar refractivity (Wildman–Crippen MR) is 78.4 cm³/mol. The number of H-pyrrole nitrogens is 1. The molecule has 5 nitrogen and oxygen atoms in total. The third-order valence-electron chi connectivity index (χ3n) is 2.82. The molecule has 0 fully saturated rings. The molecule has 0 radical (unpaired) electrons. The van der Waals surface area contributed by atoms with Crippen molar-refractivity contribution in [3.63, 3.8) is 0 Å². The summed E-state index contributed by atoms with van der Waals surface area (Å²) in [6.07, 6.45) is 1.34. The second kappa shape index (κ2) is 5.76. The molecule has 6 heteroatoms. The Morgan fingerprint density at radius 3 is 2.80 bits per heavy atom. The topological polar surface area (TPSA) is 81.6 Å². The first kappa shape index (κ1) is 14.1. The molecular weight excluding hydrogens is 276 g/mol. The van der Waals surface area contributed by atoms with Gasteiger partial charge in [-0.3, -0.25) is 4.79 Å². The first-order chi connectivity index (χ1) is 9.52. The van der Waals surface area contributed by atoms with E-state index in [2.05, 4.69) is 15.3 Å². The van der Waals surface area contributed by atoms with Gasteiger partial charge in [0.05, 0.1) is 34.2 Å². The third kappa shape index (κ3) is 2.81. The number of benzene rings is 1. The molecule has 2 rings (SSSR count). The van der Waals surface area contributed by atoms with Gasteiger partial charge in [-0.25, -0.2) is 4.98 Å². The molecule has 2 aromatic rings. The second-order valence-corrected chi connectivity index (χ2v) is 4.99. The molecule has 0 amide bonds. The highest BCUT2D eigenvalue weighted by Gasteiger charge is 2.13. The molecule has 20 heavy (non-hydrogen) atoms. The molecule has 2 N–H and O–H groups in total. The van der Waals surface area contributed by atoms with E-state index in [0.717, 1.165) is 0 Å². The molecule has 0 aliphatic carbocycles. The van der Waals surface area contributed by atoms with Crippen molar-refractivity contribution < 1.29 is 0 Å². The van der Waals surface area contributed by atoms with Crippen molar-refractivity contribution >= 4 is 23.1 Å². The van der Waals surface area contributed by atoms with Crippen LogP contribution in [0.5, 0.6) is 0 Å². The van der Waals surface area contributed by atoms with Gasteiger partial charge in [-0.05, 0) is 24.1 Å². The molecule has 0 unspecified atom stereocenters. The van der Waals surface area contributed by atoms with E-state index in [1.54, 1.807) is 18.2 Å². The lowest BCUT2D eigenvalue weighted by Gasteiger charge is -2.13. The van der Waals surface area contributed by atoms with Crippen molar-refractivity contribution in [1.29, 1.82) is 5.26 Å². The molecule has 0 saturated carbocycles. The van der Waals surface area contributed by atoms with Crippen LogP contribution in [0.15, 0.2) is 29.3 Å². The average Bonchev–Trinajstić information content (AvgIpc) is 2.40. The molecule has 1 aromatic carbocycles. The third-order valence-corrected chi connectivity index (χ3v) is 3.13. The van der Waals surface area contributed by atoms with Crippen LogP contribution in [0.25, 0.3) is 0 Å². The minimum absolute atomic E-state index is 0.0205. The van der Waals surface area contributed by atoms with Gasteiger partial charge < -0.3 is 10.3 Å². The molecule has 0 aliphatic heterocycles. The van der Waals surface area contributed by atoms with Gasteiger partial charge in [0.2, 0.25) is 0 Å². The van der Waals surface area contributed by atoms with E-state index < -0.39 is 0 Å². The Labute approximate surface area is 121 Å². The Morgan fingerprint density at radius 1 is 1.45 bits per heavy atom. The summed E-state index contributed by atoms with van der Waals surface area (Å²) in [5.41, 5.74) is 1.46. The zero-order valence-corrected chi connectivity index (χ0v) is 11.8. The van der Waals surface area contributed by atoms with Crippen LogP contribution in [0.3, 0.4) is 0 Å². The first-order valence-corrected chi connectivity index (χ1v) is 6.45. The summed E-state index contributed by atoms with van der Waals surface area (Å²) in [6, 6.07) is 6.91. The average molecular weight is 289 g/mol. The van der Waals surface area contributed by atoms with Gasteiger partial charge in [0, 0.05) is 0 Å². The highest BCUT2D eigenvalue weighted by atomic mass is 35.5. The standard InChI is InChI=1S/C14H13ClN4O/c1-8(2)12-13(17-7-18-14(12)20)19-11-4-3-9(6-16)5-10(11)15/h3-5,7-8H,1-2H3,(H2,17,18,19,20). The number of hydrogen-bond acceptors (Lipinski definition) is 4. The number of halogens is 1. The smallest absolute Gasteiger partial charge is 0.256 e. The summed E-state index contributed by atoms with van der Waals surface area (Å²) in [5, 5.41) is 12.3. The van der Waals surface area contributed by atoms with E-state index in [-0.39, 0.29) is 11.5 Å². The molecule has 102 valence electrons. The van der Waals surface area contributed by atoms with E-state index in [9.17, 15) is 4.79 Å². The highest BCUT2D eigenvalue weighted by molar-refractivity contribution is 6.33. The lowest BCUT2D eigenvalue weighted by Crippen LogP contribution is -2.17. The zero-order chi connectivity index (χ0) is 14.7. The summed E-state index contributed by atoms with van der Waals surface area (Å²) in [7, 11) is 0. The van der Waals surface area contributed by atoms with Crippen LogP contribution in [-0.4, -0.2) is 9.97 Å². The fourth-order valence-electron chi connectivity index (χ4n) is 1.86. The SMILES string of the molecule is CC(C)c1c(Nc2ccc(C#N)cc2Cl)nc[nH]c1=O. The summed E-state index contributed by atoms with van der Waals surface area (Å²) < 4.78 is 0. The highest BCUT2D eigenvalue weighted by Crippen LogP contribution is 2.27. The van der Waals surface area contributed by atoms with Gasteiger partial charge in [0.25, 0.3) is 5.56 Å². The van der Waals surface area contributed by atoms with Crippen LogP contribution in [0.2, 0.25) is 5.02 Å². The Morgan fingerprint density at radius 2 is 2.20 bits per heavy atom. The number of rotatable bonds is 3. The van der Waals surface area contributed by atoms with E-state index >= 15 is 0 Å². The van der Waals surface area contributed by atoms with Crippen molar-refractivity contribution in [1.82, 2.24) is 9.97 Å². The van der Waals surface area contributed by atoms with Gasteiger partial charge in [-0.15, -0.1) is 0 Å². The van der Waals surface area contributed by atoms with Crippen LogP contribution >= 0.6 is 11.6 Å². The molecule has 0 aliphatic rings. The molecule has 0 bridgehead atoms. The van der Waals surface area contributed by atoms with Gasteiger partial charge in [-0.2, -0.15) is 5.26 Å². The quantitative estimate of drug-likeness (QED) is 0.909. The lowest BCUT2D eigenvalue weighted by atomic mass is 10.1. The van der Waals surface area contributed by atoms with Crippen LogP contribution in [0.4, 0.5) is 11.5 Å². The maximum atomic E-state index is 11.8. The van der Waals surface area contributed by atoms with Crippen molar-refractivity contribution in [3.05, 3.63) is 51.0 Å². The number of aromatic nitrogens is 2. The Kier molecular flexibility index (Phi) is 4.06. The molecule has 1 heterocycles. The van der Waals surface area contributed by atoms with Gasteiger partial charge in [-0.1, -0.05) is 25.4 Å². The fourth-order valence-corrected chi connectivity index (χ4v) is 2.09. The van der Waals surface area contributed by atoms with Gasteiger partial charge in [0.15, 0.2) is 0 Å². The Balaban J connectivity index is 2.43. The monoisotopic (exact) mass is 288 g/mol. The van der Waals surface area contributed by atoms with E-state index in [1.807, 2.05) is 19.9 Å². The fraction of sp³-hybridized carbons (Fsp3) is 0.214. The molecule has 0 saturated heterocycles. The van der Waals surface area contributed by atoms with Crippen molar-refractivity contribution in [2.75, 3.05) is 5.32 Å². The minimum Gasteiger partial charge on any atom is -0.339 e. The van der Waals surface area contributed by atoms with Crippen LogP contribution in [0.1, 0.15) is 30.9 Å². The maximum Gasteiger partial charge on any atom is 0.256 e. The maximum absolute atomic E-state index is 11.8. The van der Waals surface area contributed by atoms with Crippen LogP contribution in [-0.2, 0) is 0 Å². The lowest BCUT2D eigenvalue weighted by molar-refractivity contribution is 0.834. The minimum atomic E-state index is -0.178. The van der Waals surface area contributed by atoms with E-state index in [0.29, 0.717) is 27.7 Å². The van der Waals surface area contributed by atoms with Crippen molar-refractivity contribution in [3.8, 4) is 6.07 Å². The zero-order valence-electron chi connectivity index (χ0n) is 11.1. The molecular formula is C14H13ClN4O. The summed E-state index contributed by atoms with van der Waals surface area (Å²) in [5.74, 6) is 0.488.